The number of nitrogens with one attached hydrogen (secondary N) is 2. The van der Waals surface area contributed by atoms with Crippen molar-refractivity contribution in [2.24, 2.45) is 5.73 Å². The van der Waals surface area contributed by atoms with Crippen molar-refractivity contribution in [2.75, 3.05) is 10.7 Å². The number of carbonyl (C=O) groups is 2. The van der Waals surface area contributed by atoms with Crippen molar-refractivity contribution in [1.29, 1.82) is 0 Å². The highest BCUT2D eigenvalue weighted by molar-refractivity contribution is 6.05. The molecule has 5 N–H and O–H groups in total. The molecule has 0 atom stereocenters. The Morgan fingerprint density at radius 1 is 1.12 bits per heavy atom. The number of urea groups is 1. The zero-order valence-corrected chi connectivity index (χ0v) is 14.2. The largest absolute Gasteiger partial charge is 0.392 e. The molecule has 0 aliphatic rings. The van der Waals surface area contributed by atoms with Crippen molar-refractivity contribution in [3.8, 4) is 0 Å². The monoisotopic (exact) mass is 330 g/mol. The minimum atomic E-state index is -0.703. The summed E-state index contributed by atoms with van der Waals surface area (Å²) >= 11 is 0. The van der Waals surface area contributed by atoms with Gasteiger partial charge in [0, 0.05) is 17.1 Å². The van der Waals surface area contributed by atoms with Crippen LogP contribution in [0.5, 0.6) is 0 Å². The summed E-state index contributed by atoms with van der Waals surface area (Å²) in [6.07, 6.45) is 0. The Labute approximate surface area is 140 Å². The normalized spacial score (nSPS) is 10.5. The Morgan fingerprint density at radius 3 is 2.38 bits per heavy atom. The summed E-state index contributed by atoms with van der Waals surface area (Å²) in [7, 11) is 0. The maximum atomic E-state index is 12.6. The predicted molar refractivity (Wildman–Crippen MR) is 92.6 cm³/mol. The number of aliphatic hydroxyl groups excluding tert-OH is 1. The van der Waals surface area contributed by atoms with Crippen LogP contribution in [0.4, 0.5) is 10.5 Å². The third-order valence-corrected chi connectivity index (χ3v) is 4.00. The first-order valence-corrected chi connectivity index (χ1v) is 7.52. The standard InChI is InChI=1S/C17H22N4O3/c1-9-5-10(2)15(7-13(9)8-22)19-16(23)14-6-11(3)21(12(14)4)20-17(18)24/h5-7,22H,8H2,1-4H3,(H,19,23)(H3,18,20,24). The molecule has 0 unspecified atom stereocenters. The molecule has 0 aliphatic heterocycles. The summed E-state index contributed by atoms with van der Waals surface area (Å²) in [5.74, 6) is -0.295. The lowest BCUT2D eigenvalue weighted by Gasteiger charge is -2.13. The molecule has 7 nitrogen and oxygen atoms in total. The summed E-state index contributed by atoms with van der Waals surface area (Å²) in [5.41, 5.74) is 12.6. The van der Waals surface area contributed by atoms with Gasteiger partial charge in [-0.15, -0.1) is 0 Å². The van der Waals surface area contributed by atoms with Crippen molar-refractivity contribution in [3.05, 3.63) is 51.8 Å². The van der Waals surface area contributed by atoms with Gasteiger partial charge in [-0.05, 0) is 56.5 Å². The number of aliphatic hydroxyl groups is 1. The second kappa shape index (κ2) is 6.76. The van der Waals surface area contributed by atoms with Gasteiger partial charge in [0.15, 0.2) is 0 Å². The summed E-state index contributed by atoms with van der Waals surface area (Å²) < 4.78 is 1.47. The molecule has 0 saturated heterocycles. The maximum Gasteiger partial charge on any atom is 0.331 e. The molecule has 7 heteroatoms. The molecular weight excluding hydrogens is 308 g/mol. The predicted octanol–water partition coefficient (Wildman–Crippen LogP) is 2.09. The third-order valence-electron chi connectivity index (χ3n) is 4.00. The minimum Gasteiger partial charge on any atom is -0.392 e. The molecule has 0 spiro atoms. The Morgan fingerprint density at radius 2 is 1.79 bits per heavy atom. The number of primary amides is 1. The Kier molecular flexibility index (Phi) is 4.94. The Hall–Kier alpha value is -2.80. The van der Waals surface area contributed by atoms with Gasteiger partial charge in [0.25, 0.3) is 5.91 Å². The molecule has 24 heavy (non-hydrogen) atoms. The van der Waals surface area contributed by atoms with E-state index in [1.54, 1.807) is 26.0 Å². The number of aromatic nitrogens is 1. The van der Waals surface area contributed by atoms with E-state index in [1.807, 2.05) is 19.9 Å². The molecule has 0 bridgehead atoms. The van der Waals surface area contributed by atoms with Gasteiger partial charge in [-0.3, -0.25) is 9.47 Å². The summed E-state index contributed by atoms with van der Waals surface area (Å²) in [5, 5.41) is 12.2. The minimum absolute atomic E-state index is 0.0912. The first-order valence-electron chi connectivity index (χ1n) is 7.52. The van der Waals surface area contributed by atoms with Gasteiger partial charge in [0.2, 0.25) is 0 Å². The van der Waals surface area contributed by atoms with E-state index < -0.39 is 6.03 Å². The van der Waals surface area contributed by atoms with Gasteiger partial charge in [0.1, 0.15) is 0 Å². The van der Waals surface area contributed by atoms with Gasteiger partial charge >= 0.3 is 6.03 Å². The lowest BCUT2D eigenvalue weighted by Crippen LogP contribution is -2.29. The molecule has 2 rings (SSSR count). The summed E-state index contributed by atoms with van der Waals surface area (Å²) in [6, 6.07) is 4.66. The maximum absolute atomic E-state index is 12.6. The Bertz CT molecular complexity index is 809. The first kappa shape index (κ1) is 17.6. The Balaban J connectivity index is 2.33. The van der Waals surface area contributed by atoms with Gasteiger partial charge in [-0.1, -0.05) is 6.07 Å². The van der Waals surface area contributed by atoms with E-state index >= 15 is 0 Å². The van der Waals surface area contributed by atoms with Crippen molar-refractivity contribution >= 4 is 17.6 Å². The van der Waals surface area contributed by atoms with Crippen LogP contribution in [-0.4, -0.2) is 21.7 Å². The van der Waals surface area contributed by atoms with Crippen LogP contribution in [0.25, 0.3) is 0 Å². The molecule has 0 fully saturated rings. The van der Waals surface area contributed by atoms with Crippen LogP contribution in [-0.2, 0) is 6.61 Å². The second-order valence-corrected chi connectivity index (χ2v) is 5.80. The molecule has 0 aliphatic carbocycles. The number of hydrogen-bond acceptors (Lipinski definition) is 3. The highest BCUT2D eigenvalue weighted by Crippen LogP contribution is 2.22. The summed E-state index contributed by atoms with van der Waals surface area (Å²) in [6.45, 7) is 7.20. The average molecular weight is 330 g/mol. The smallest absolute Gasteiger partial charge is 0.331 e. The molecule has 3 amide bonds. The van der Waals surface area contributed by atoms with Crippen molar-refractivity contribution < 1.29 is 14.7 Å². The topological polar surface area (TPSA) is 109 Å². The van der Waals surface area contributed by atoms with Crippen LogP contribution in [0, 0.1) is 27.7 Å². The number of aryl methyl sites for hydroxylation is 3. The number of carbonyl (C=O) groups excluding carboxylic acids is 2. The SMILES string of the molecule is Cc1cc(C)c(NC(=O)c2cc(C)n(NC(N)=O)c2C)cc1CO. The van der Waals surface area contributed by atoms with Gasteiger partial charge < -0.3 is 16.2 Å². The number of rotatable bonds is 4. The molecular formula is C17H22N4O3. The lowest BCUT2D eigenvalue weighted by atomic mass is 10.0. The average Bonchev–Trinajstić information content (AvgIpc) is 2.77. The molecule has 2 aromatic rings. The first-order chi connectivity index (χ1) is 11.2. The molecule has 128 valence electrons. The zero-order chi connectivity index (χ0) is 18.0. The number of anilines is 1. The van der Waals surface area contributed by atoms with E-state index in [0.29, 0.717) is 22.6 Å². The van der Waals surface area contributed by atoms with Crippen LogP contribution < -0.4 is 16.5 Å². The van der Waals surface area contributed by atoms with Gasteiger partial charge in [-0.2, -0.15) is 0 Å². The van der Waals surface area contributed by atoms with Crippen molar-refractivity contribution in [3.63, 3.8) is 0 Å². The number of benzene rings is 1. The van der Waals surface area contributed by atoms with Gasteiger partial charge in [-0.25, -0.2) is 10.2 Å². The van der Waals surface area contributed by atoms with E-state index in [1.165, 1.54) is 4.68 Å². The molecule has 1 heterocycles. The zero-order valence-electron chi connectivity index (χ0n) is 14.2. The number of hydrogen-bond donors (Lipinski definition) is 4. The summed E-state index contributed by atoms with van der Waals surface area (Å²) in [4.78, 5) is 23.6. The molecule has 1 aromatic carbocycles. The fourth-order valence-electron chi connectivity index (χ4n) is 2.67. The van der Waals surface area contributed by atoms with Gasteiger partial charge in [0.05, 0.1) is 12.2 Å². The highest BCUT2D eigenvalue weighted by Gasteiger charge is 2.17. The van der Waals surface area contributed by atoms with Crippen molar-refractivity contribution in [2.45, 2.75) is 34.3 Å². The second-order valence-electron chi connectivity index (χ2n) is 5.80. The number of nitrogens with two attached hydrogens (primary N) is 1. The van der Waals surface area contributed by atoms with Crippen molar-refractivity contribution in [1.82, 2.24) is 4.68 Å². The number of amides is 3. The van der Waals surface area contributed by atoms with Crippen LogP contribution in [0.3, 0.4) is 0 Å². The highest BCUT2D eigenvalue weighted by atomic mass is 16.3. The molecule has 0 saturated carbocycles. The van der Waals surface area contributed by atoms with Crippen LogP contribution in [0.1, 0.15) is 38.4 Å². The van der Waals surface area contributed by atoms with E-state index in [-0.39, 0.29) is 12.5 Å². The molecule has 1 aromatic heterocycles. The fraction of sp³-hybridized carbons (Fsp3) is 0.294. The van der Waals surface area contributed by atoms with Crippen LogP contribution in [0.2, 0.25) is 0 Å². The van der Waals surface area contributed by atoms with E-state index in [9.17, 15) is 14.7 Å². The van der Waals surface area contributed by atoms with Crippen LogP contribution >= 0.6 is 0 Å². The number of nitrogens with zero attached hydrogens (tertiary/aromatic N) is 1. The quantitative estimate of drug-likeness (QED) is 0.689. The fourth-order valence-corrected chi connectivity index (χ4v) is 2.67. The van der Waals surface area contributed by atoms with E-state index in [0.717, 1.165) is 16.7 Å². The molecule has 0 radical (unpaired) electrons. The van der Waals surface area contributed by atoms with E-state index in [4.69, 9.17) is 5.73 Å². The third kappa shape index (κ3) is 3.41. The van der Waals surface area contributed by atoms with Crippen LogP contribution in [0.15, 0.2) is 18.2 Å². The lowest BCUT2D eigenvalue weighted by molar-refractivity contribution is 0.102. The van der Waals surface area contributed by atoms with E-state index in [2.05, 4.69) is 10.7 Å².